The number of carbonyl (C=O) groups excluding carboxylic acids is 1. The van der Waals surface area contributed by atoms with E-state index in [9.17, 15) is 9.18 Å². The maximum atomic E-state index is 12.7. The molecule has 2 nitrogen and oxygen atoms in total. The molecule has 0 atom stereocenters. The fourth-order valence-corrected chi connectivity index (χ4v) is 0.904. The van der Waals surface area contributed by atoms with Crippen molar-refractivity contribution in [3.05, 3.63) is 30.1 Å². The van der Waals surface area contributed by atoms with Crippen LogP contribution in [-0.4, -0.2) is 10.8 Å². The van der Waals surface area contributed by atoms with Gasteiger partial charge in [0, 0.05) is 6.07 Å². The Balaban J connectivity index is 2.83. The normalized spacial score (nSPS) is 11.1. The van der Waals surface area contributed by atoms with Crippen LogP contribution in [0.4, 0.5) is 4.39 Å². The zero-order valence-electron chi connectivity index (χ0n) is 7.88. The van der Waals surface area contributed by atoms with Crippen LogP contribution in [0, 0.1) is 5.82 Å². The summed E-state index contributed by atoms with van der Waals surface area (Å²) in [5, 5.41) is -0.623. The van der Waals surface area contributed by atoms with E-state index in [0.29, 0.717) is 0 Å². The van der Waals surface area contributed by atoms with E-state index < -0.39 is 16.7 Å². The summed E-state index contributed by atoms with van der Waals surface area (Å²) in [5.74, 6) is -0.135. The SMILES string of the molecule is CC(C)(Oc1cccc(F)c1)C(=O)Cl. The summed E-state index contributed by atoms with van der Waals surface area (Å²) in [4.78, 5) is 10.9. The first-order chi connectivity index (χ1) is 6.42. The predicted octanol–water partition coefficient (Wildman–Crippen LogP) is 2.75. The summed E-state index contributed by atoms with van der Waals surface area (Å²) in [6, 6.07) is 5.55. The van der Waals surface area contributed by atoms with Gasteiger partial charge < -0.3 is 4.74 Å². The van der Waals surface area contributed by atoms with Crippen LogP contribution < -0.4 is 4.74 Å². The number of ether oxygens (including phenoxy) is 1. The Labute approximate surface area is 86.6 Å². The first-order valence-electron chi connectivity index (χ1n) is 4.06. The Bertz CT molecular complexity index is 350. The largest absolute Gasteiger partial charge is 0.479 e. The molecule has 0 aliphatic rings. The molecular weight excluding hydrogens is 207 g/mol. The van der Waals surface area contributed by atoms with Gasteiger partial charge in [-0.2, -0.15) is 0 Å². The number of hydrogen-bond acceptors (Lipinski definition) is 2. The molecule has 14 heavy (non-hydrogen) atoms. The van der Waals surface area contributed by atoms with Crippen molar-refractivity contribution in [3.63, 3.8) is 0 Å². The molecule has 1 rings (SSSR count). The Morgan fingerprint density at radius 2 is 2.14 bits per heavy atom. The van der Waals surface area contributed by atoms with Crippen molar-refractivity contribution in [3.8, 4) is 5.75 Å². The van der Waals surface area contributed by atoms with Crippen molar-refractivity contribution in [1.82, 2.24) is 0 Å². The van der Waals surface area contributed by atoms with Gasteiger partial charge in [-0.15, -0.1) is 0 Å². The molecule has 0 aromatic heterocycles. The topological polar surface area (TPSA) is 26.3 Å². The average Bonchev–Trinajstić information content (AvgIpc) is 2.02. The van der Waals surface area contributed by atoms with Gasteiger partial charge >= 0.3 is 0 Å². The minimum Gasteiger partial charge on any atom is -0.479 e. The van der Waals surface area contributed by atoms with Crippen LogP contribution in [0.25, 0.3) is 0 Å². The molecule has 0 amide bonds. The van der Waals surface area contributed by atoms with Crippen LogP contribution in [-0.2, 0) is 4.79 Å². The molecule has 0 unspecified atom stereocenters. The molecule has 0 heterocycles. The molecule has 4 heteroatoms. The van der Waals surface area contributed by atoms with E-state index in [2.05, 4.69) is 0 Å². The van der Waals surface area contributed by atoms with Crippen LogP contribution in [0.15, 0.2) is 24.3 Å². The Morgan fingerprint density at radius 1 is 1.50 bits per heavy atom. The second-order valence-electron chi connectivity index (χ2n) is 3.34. The lowest BCUT2D eigenvalue weighted by atomic mass is 10.1. The smallest absolute Gasteiger partial charge is 0.264 e. The van der Waals surface area contributed by atoms with Crippen LogP contribution in [0.1, 0.15) is 13.8 Å². The molecule has 0 radical (unpaired) electrons. The van der Waals surface area contributed by atoms with Crippen molar-refractivity contribution in [2.45, 2.75) is 19.4 Å². The maximum Gasteiger partial charge on any atom is 0.264 e. The summed E-state index contributed by atoms with van der Waals surface area (Å²) in [6.07, 6.45) is 0. The van der Waals surface area contributed by atoms with Crippen LogP contribution in [0.5, 0.6) is 5.75 Å². The number of halogens is 2. The highest BCUT2D eigenvalue weighted by molar-refractivity contribution is 6.65. The second kappa shape index (κ2) is 3.96. The minimum absolute atomic E-state index is 0.281. The first-order valence-corrected chi connectivity index (χ1v) is 4.44. The summed E-state index contributed by atoms with van der Waals surface area (Å²) in [6.45, 7) is 3.04. The number of benzene rings is 1. The lowest BCUT2D eigenvalue weighted by Gasteiger charge is -2.21. The predicted molar refractivity (Wildman–Crippen MR) is 52.0 cm³/mol. The van der Waals surface area contributed by atoms with Gasteiger partial charge in [-0.3, -0.25) is 4.79 Å². The average molecular weight is 217 g/mol. The fraction of sp³-hybridized carbons (Fsp3) is 0.300. The summed E-state index contributed by atoms with van der Waals surface area (Å²) >= 11 is 5.30. The van der Waals surface area contributed by atoms with Crippen molar-refractivity contribution in [1.29, 1.82) is 0 Å². The monoisotopic (exact) mass is 216 g/mol. The van der Waals surface area contributed by atoms with Gasteiger partial charge in [-0.25, -0.2) is 4.39 Å². The van der Waals surface area contributed by atoms with E-state index >= 15 is 0 Å². The van der Waals surface area contributed by atoms with E-state index in [1.54, 1.807) is 6.07 Å². The van der Waals surface area contributed by atoms with E-state index in [0.717, 1.165) is 0 Å². The highest BCUT2D eigenvalue weighted by Gasteiger charge is 2.27. The third-order valence-electron chi connectivity index (χ3n) is 1.64. The zero-order valence-corrected chi connectivity index (χ0v) is 8.64. The van der Waals surface area contributed by atoms with E-state index in [4.69, 9.17) is 16.3 Å². The third kappa shape index (κ3) is 2.70. The second-order valence-corrected chi connectivity index (χ2v) is 3.69. The van der Waals surface area contributed by atoms with Gasteiger partial charge in [0.15, 0.2) is 5.60 Å². The lowest BCUT2D eigenvalue weighted by molar-refractivity contribution is -0.123. The molecule has 0 bridgehead atoms. The molecule has 0 saturated heterocycles. The molecular formula is C10H10ClFO2. The molecule has 0 fully saturated rings. The molecule has 0 aliphatic carbocycles. The van der Waals surface area contributed by atoms with Crippen molar-refractivity contribution in [2.24, 2.45) is 0 Å². The number of rotatable bonds is 3. The van der Waals surface area contributed by atoms with Gasteiger partial charge in [-0.05, 0) is 37.6 Å². The highest BCUT2D eigenvalue weighted by atomic mass is 35.5. The Kier molecular flexibility index (Phi) is 3.11. The molecule has 0 aliphatic heterocycles. The summed E-state index contributed by atoms with van der Waals surface area (Å²) < 4.78 is 18.0. The molecule has 1 aromatic carbocycles. The van der Waals surface area contributed by atoms with E-state index in [-0.39, 0.29) is 5.75 Å². The number of hydrogen-bond donors (Lipinski definition) is 0. The number of carbonyl (C=O) groups is 1. The molecule has 76 valence electrons. The van der Waals surface area contributed by atoms with Crippen LogP contribution in [0.3, 0.4) is 0 Å². The standard InChI is InChI=1S/C10H10ClFO2/c1-10(2,9(11)13)14-8-5-3-4-7(12)6-8/h3-6H,1-2H3. The zero-order chi connectivity index (χ0) is 10.8. The quantitative estimate of drug-likeness (QED) is 0.727. The minimum atomic E-state index is -1.14. The van der Waals surface area contributed by atoms with Gasteiger partial charge in [-0.1, -0.05) is 6.07 Å². The Morgan fingerprint density at radius 3 is 2.64 bits per heavy atom. The summed E-state index contributed by atoms with van der Waals surface area (Å²) in [5.41, 5.74) is -1.14. The van der Waals surface area contributed by atoms with Gasteiger partial charge in [0.2, 0.25) is 0 Å². The Hall–Kier alpha value is -1.09. The first kappa shape index (κ1) is 11.0. The molecule has 0 N–H and O–H groups in total. The van der Waals surface area contributed by atoms with Gasteiger partial charge in [0.1, 0.15) is 11.6 Å². The highest BCUT2D eigenvalue weighted by Crippen LogP contribution is 2.20. The van der Waals surface area contributed by atoms with Crippen LogP contribution >= 0.6 is 11.6 Å². The molecule has 1 aromatic rings. The molecule has 0 saturated carbocycles. The van der Waals surface area contributed by atoms with E-state index in [1.165, 1.54) is 32.0 Å². The third-order valence-corrected chi connectivity index (χ3v) is 2.10. The van der Waals surface area contributed by atoms with Crippen molar-refractivity contribution in [2.75, 3.05) is 0 Å². The van der Waals surface area contributed by atoms with Crippen LogP contribution in [0.2, 0.25) is 0 Å². The molecule has 0 spiro atoms. The summed E-state index contributed by atoms with van der Waals surface area (Å²) in [7, 11) is 0. The van der Waals surface area contributed by atoms with Crippen molar-refractivity contribution < 1.29 is 13.9 Å². The van der Waals surface area contributed by atoms with Gasteiger partial charge in [0.05, 0.1) is 0 Å². The van der Waals surface area contributed by atoms with E-state index in [1.807, 2.05) is 0 Å². The van der Waals surface area contributed by atoms with Gasteiger partial charge in [0.25, 0.3) is 5.24 Å². The van der Waals surface area contributed by atoms with Crippen molar-refractivity contribution >= 4 is 16.8 Å². The fourth-order valence-electron chi connectivity index (χ4n) is 0.865. The maximum absolute atomic E-state index is 12.7. The lowest BCUT2D eigenvalue weighted by Crippen LogP contribution is -2.34.